The fraction of sp³-hybridized carbons (Fsp3) is 0.462. The smallest absolute Gasteiger partial charge is 0.226 e. The second-order valence-electron chi connectivity index (χ2n) is 4.60. The number of halogens is 1. The maximum atomic E-state index is 11.5. The van der Waals surface area contributed by atoms with E-state index >= 15 is 0 Å². The van der Waals surface area contributed by atoms with Gasteiger partial charge in [-0.25, -0.2) is 0 Å². The summed E-state index contributed by atoms with van der Waals surface area (Å²) >= 11 is 5.84. The third-order valence-electron chi connectivity index (χ3n) is 3.29. The summed E-state index contributed by atoms with van der Waals surface area (Å²) in [6, 6.07) is 7.70. The molecule has 1 fully saturated rings. The van der Waals surface area contributed by atoms with E-state index in [1.807, 2.05) is 12.1 Å². The molecule has 2 rings (SSSR count). The van der Waals surface area contributed by atoms with Crippen LogP contribution in [0.3, 0.4) is 0 Å². The van der Waals surface area contributed by atoms with Crippen molar-refractivity contribution in [3.8, 4) is 0 Å². The van der Waals surface area contributed by atoms with Crippen molar-refractivity contribution in [1.29, 1.82) is 0 Å². The van der Waals surface area contributed by atoms with Crippen LogP contribution in [0.2, 0.25) is 5.02 Å². The molecule has 1 amide bonds. The molecule has 0 unspecified atom stereocenters. The Bertz CT molecular complexity index is 401. The topological polar surface area (TPSA) is 67.2 Å². The Kier molecular flexibility index (Phi) is 4.58. The predicted molar refractivity (Wildman–Crippen MR) is 72.7 cm³/mol. The van der Waals surface area contributed by atoms with Crippen molar-refractivity contribution in [2.24, 2.45) is 5.73 Å². The van der Waals surface area contributed by atoms with Crippen LogP contribution < -0.4 is 16.4 Å². The van der Waals surface area contributed by atoms with Gasteiger partial charge in [-0.2, -0.15) is 0 Å². The van der Waals surface area contributed by atoms with Gasteiger partial charge in [-0.1, -0.05) is 23.7 Å². The molecular formula is C13H18ClN3O. The van der Waals surface area contributed by atoms with Gasteiger partial charge in [0.2, 0.25) is 5.91 Å². The van der Waals surface area contributed by atoms with Crippen molar-refractivity contribution in [3.05, 3.63) is 34.9 Å². The van der Waals surface area contributed by atoms with Crippen LogP contribution in [-0.4, -0.2) is 31.6 Å². The Hall–Kier alpha value is -1.10. The number of carbonyl (C=O) groups is 1. The molecule has 0 spiro atoms. The highest BCUT2D eigenvalue weighted by atomic mass is 35.5. The summed E-state index contributed by atoms with van der Waals surface area (Å²) in [6.07, 6.45) is 1.09. The summed E-state index contributed by atoms with van der Waals surface area (Å²) < 4.78 is 0. The Morgan fingerprint density at radius 3 is 2.78 bits per heavy atom. The predicted octanol–water partition coefficient (Wildman–Crippen LogP) is 0.860. The van der Waals surface area contributed by atoms with E-state index in [1.165, 1.54) is 0 Å². The molecule has 0 aromatic heterocycles. The molecule has 4 nitrogen and oxygen atoms in total. The van der Waals surface area contributed by atoms with Gasteiger partial charge < -0.3 is 16.4 Å². The number of hydrogen-bond donors (Lipinski definition) is 3. The summed E-state index contributed by atoms with van der Waals surface area (Å²) in [7, 11) is 0. The number of hydrogen-bond acceptors (Lipinski definition) is 3. The second-order valence-corrected chi connectivity index (χ2v) is 5.04. The zero-order chi connectivity index (χ0) is 13.0. The van der Waals surface area contributed by atoms with E-state index in [9.17, 15) is 4.79 Å². The van der Waals surface area contributed by atoms with Crippen LogP contribution in [0.15, 0.2) is 24.3 Å². The highest BCUT2D eigenvalue weighted by molar-refractivity contribution is 6.30. The van der Waals surface area contributed by atoms with Crippen molar-refractivity contribution >= 4 is 17.5 Å². The average Bonchev–Trinajstić information content (AvgIpc) is 2.84. The van der Waals surface area contributed by atoms with Crippen molar-refractivity contribution in [3.63, 3.8) is 0 Å². The molecule has 2 atom stereocenters. The van der Waals surface area contributed by atoms with E-state index in [1.54, 1.807) is 12.1 Å². The van der Waals surface area contributed by atoms with Gasteiger partial charge in [0.05, 0.1) is 5.92 Å². The van der Waals surface area contributed by atoms with Gasteiger partial charge in [-0.05, 0) is 30.7 Å². The van der Waals surface area contributed by atoms with Gasteiger partial charge in [0.25, 0.3) is 0 Å². The summed E-state index contributed by atoms with van der Waals surface area (Å²) in [5.41, 5.74) is 6.37. The molecule has 4 N–H and O–H groups in total. The van der Waals surface area contributed by atoms with E-state index in [-0.39, 0.29) is 11.8 Å². The standard InChI is InChI=1S/C13H18ClN3O/c14-10-3-1-9(2-4-10)12(13(15)18)8-17-11-5-6-16-7-11/h1-4,11-12,16-17H,5-8H2,(H2,15,18)/t11-,12-/m1/s1. The fourth-order valence-electron chi connectivity index (χ4n) is 2.19. The minimum atomic E-state index is -0.309. The number of carbonyl (C=O) groups excluding carboxylic acids is 1. The molecule has 1 aromatic rings. The minimum absolute atomic E-state index is 0.303. The molecule has 98 valence electrons. The minimum Gasteiger partial charge on any atom is -0.369 e. The first-order valence-electron chi connectivity index (χ1n) is 6.15. The van der Waals surface area contributed by atoms with E-state index in [0.717, 1.165) is 25.1 Å². The normalized spacial score (nSPS) is 20.8. The quantitative estimate of drug-likeness (QED) is 0.741. The van der Waals surface area contributed by atoms with Crippen molar-refractivity contribution in [2.45, 2.75) is 18.4 Å². The zero-order valence-electron chi connectivity index (χ0n) is 10.2. The summed E-state index contributed by atoms with van der Waals surface area (Å²) in [5.74, 6) is -0.612. The van der Waals surface area contributed by atoms with Crippen LogP contribution in [0.25, 0.3) is 0 Å². The highest BCUT2D eigenvalue weighted by Crippen LogP contribution is 2.18. The van der Waals surface area contributed by atoms with Gasteiger partial charge in [-0.3, -0.25) is 4.79 Å². The largest absolute Gasteiger partial charge is 0.369 e. The third kappa shape index (κ3) is 3.45. The molecule has 0 saturated carbocycles. The van der Waals surface area contributed by atoms with Crippen LogP contribution >= 0.6 is 11.6 Å². The molecule has 1 heterocycles. The first-order chi connectivity index (χ1) is 8.66. The fourth-order valence-corrected chi connectivity index (χ4v) is 2.32. The van der Waals surface area contributed by atoms with E-state index in [0.29, 0.717) is 17.6 Å². The van der Waals surface area contributed by atoms with Crippen LogP contribution in [0.4, 0.5) is 0 Å². The van der Waals surface area contributed by atoms with Gasteiger partial charge >= 0.3 is 0 Å². The monoisotopic (exact) mass is 267 g/mol. The van der Waals surface area contributed by atoms with Crippen molar-refractivity contribution in [2.75, 3.05) is 19.6 Å². The number of amides is 1. The van der Waals surface area contributed by atoms with Crippen molar-refractivity contribution in [1.82, 2.24) is 10.6 Å². The van der Waals surface area contributed by atoms with Gasteiger partial charge in [0, 0.05) is 24.2 Å². The molecular weight excluding hydrogens is 250 g/mol. The Balaban J connectivity index is 1.99. The number of nitrogens with two attached hydrogens (primary N) is 1. The molecule has 0 aliphatic carbocycles. The number of benzene rings is 1. The SMILES string of the molecule is NC(=O)[C@H](CN[C@@H]1CCNC1)c1ccc(Cl)cc1. The molecule has 1 aromatic carbocycles. The second kappa shape index (κ2) is 6.18. The molecule has 1 saturated heterocycles. The maximum Gasteiger partial charge on any atom is 0.226 e. The van der Waals surface area contributed by atoms with E-state index in [4.69, 9.17) is 17.3 Å². The van der Waals surface area contributed by atoms with Gasteiger partial charge in [0.15, 0.2) is 0 Å². The lowest BCUT2D eigenvalue weighted by Crippen LogP contribution is -2.38. The van der Waals surface area contributed by atoms with Crippen LogP contribution in [0.5, 0.6) is 0 Å². The average molecular weight is 268 g/mol. The molecule has 0 radical (unpaired) electrons. The lowest BCUT2D eigenvalue weighted by atomic mass is 9.98. The third-order valence-corrected chi connectivity index (χ3v) is 3.54. The Morgan fingerprint density at radius 2 is 2.22 bits per heavy atom. The molecule has 1 aliphatic heterocycles. The Labute approximate surface area is 112 Å². The first-order valence-corrected chi connectivity index (χ1v) is 6.53. The number of primary amides is 1. The van der Waals surface area contributed by atoms with Crippen LogP contribution in [-0.2, 0) is 4.79 Å². The molecule has 1 aliphatic rings. The first kappa shape index (κ1) is 13.3. The lowest BCUT2D eigenvalue weighted by molar-refractivity contribution is -0.119. The van der Waals surface area contributed by atoms with Crippen LogP contribution in [0, 0.1) is 0 Å². The van der Waals surface area contributed by atoms with Crippen molar-refractivity contribution < 1.29 is 4.79 Å². The highest BCUT2D eigenvalue weighted by Gasteiger charge is 2.20. The Morgan fingerprint density at radius 1 is 1.50 bits per heavy atom. The number of nitrogens with one attached hydrogen (secondary N) is 2. The maximum absolute atomic E-state index is 11.5. The van der Waals surface area contributed by atoms with Crippen LogP contribution in [0.1, 0.15) is 17.9 Å². The zero-order valence-corrected chi connectivity index (χ0v) is 10.9. The summed E-state index contributed by atoms with van der Waals surface area (Å²) in [4.78, 5) is 11.5. The lowest BCUT2D eigenvalue weighted by Gasteiger charge is -2.18. The summed E-state index contributed by atoms with van der Waals surface area (Å²) in [5, 5.41) is 7.32. The summed E-state index contributed by atoms with van der Waals surface area (Å²) in [6.45, 7) is 2.55. The number of rotatable bonds is 5. The van der Waals surface area contributed by atoms with E-state index < -0.39 is 0 Å². The van der Waals surface area contributed by atoms with E-state index in [2.05, 4.69) is 10.6 Å². The van der Waals surface area contributed by atoms with Gasteiger partial charge in [0.1, 0.15) is 0 Å². The molecule has 18 heavy (non-hydrogen) atoms. The van der Waals surface area contributed by atoms with Gasteiger partial charge in [-0.15, -0.1) is 0 Å². The molecule has 5 heteroatoms. The molecule has 0 bridgehead atoms.